The first kappa shape index (κ1) is 21.9. The maximum Gasteiger partial charge on any atom is 0.241 e. The van der Waals surface area contributed by atoms with Gasteiger partial charge in [-0.1, -0.05) is 26.0 Å². The summed E-state index contributed by atoms with van der Waals surface area (Å²) in [6.45, 7) is 7.33. The minimum absolute atomic E-state index is 0. The van der Waals surface area contributed by atoms with Gasteiger partial charge in [0.15, 0.2) is 9.84 Å². The zero-order valence-electron chi connectivity index (χ0n) is 14.1. The average molecular weight is 363 g/mol. The van der Waals surface area contributed by atoms with Crippen LogP contribution in [0.3, 0.4) is 0 Å². The lowest BCUT2D eigenvalue weighted by molar-refractivity contribution is -0.117. The summed E-state index contributed by atoms with van der Waals surface area (Å²) in [4.78, 5) is 12.0. The van der Waals surface area contributed by atoms with Crippen LogP contribution < -0.4 is 11.1 Å². The summed E-state index contributed by atoms with van der Waals surface area (Å²) in [5.41, 5.74) is 7.06. The fraction of sp³-hybridized carbons (Fsp3) is 0.562. The van der Waals surface area contributed by atoms with Crippen molar-refractivity contribution in [3.05, 3.63) is 29.8 Å². The minimum atomic E-state index is -3.17. The van der Waals surface area contributed by atoms with Gasteiger partial charge in [-0.25, -0.2) is 8.42 Å². The van der Waals surface area contributed by atoms with E-state index >= 15 is 0 Å². The van der Waals surface area contributed by atoms with Crippen LogP contribution in [0.25, 0.3) is 0 Å². The smallest absolute Gasteiger partial charge is 0.241 e. The number of hydrogen-bond donors (Lipinski definition) is 2. The standard InChI is InChI=1S/C16H26N2O3S.ClH/c1-11(2)8-15(17)16(19)18-14-7-5-6-13(9-14)10-22(20,21)12(3)4;/h5-7,9,11-12,15H,8,10,17H2,1-4H3,(H,18,19);1H/t15-;/m0./s1. The molecule has 0 unspecified atom stereocenters. The van der Waals surface area contributed by atoms with Gasteiger partial charge in [-0.05, 0) is 43.9 Å². The van der Waals surface area contributed by atoms with E-state index in [4.69, 9.17) is 5.73 Å². The quantitative estimate of drug-likeness (QED) is 0.780. The van der Waals surface area contributed by atoms with Crippen LogP contribution in [0.15, 0.2) is 24.3 Å². The highest BCUT2D eigenvalue weighted by atomic mass is 35.5. The predicted molar refractivity (Wildman–Crippen MR) is 97.5 cm³/mol. The monoisotopic (exact) mass is 362 g/mol. The highest BCUT2D eigenvalue weighted by Gasteiger charge is 2.18. The van der Waals surface area contributed by atoms with E-state index in [0.29, 0.717) is 23.6 Å². The Morgan fingerprint density at radius 2 is 1.83 bits per heavy atom. The topological polar surface area (TPSA) is 89.3 Å². The molecule has 0 fully saturated rings. The summed E-state index contributed by atoms with van der Waals surface area (Å²) in [7, 11) is -3.17. The third-order valence-corrected chi connectivity index (χ3v) is 5.51. The molecule has 132 valence electrons. The van der Waals surface area contributed by atoms with E-state index in [1.807, 2.05) is 13.8 Å². The molecule has 23 heavy (non-hydrogen) atoms. The van der Waals surface area contributed by atoms with Crippen LogP contribution in [0.2, 0.25) is 0 Å². The predicted octanol–water partition coefficient (Wildman–Crippen LogP) is 2.74. The van der Waals surface area contributed by atoms with Crippen molar-refractivity contribution in [3.63, 3.8) is 0 Å². The molecule has 1 aromatic carbocycles. The number of halogens is 1. The summed E-state index contributed by atoms with van der Waals surface area (Å²) in [5, 5.41) is 2.32. The molecule has 7 heteroatoms. The van der Waals surface area contributed by atoms with Gasteiger partial charge in [0, 0.05) is 5.69 Å². The van der Waals surface area contributed by atoms with E-state index in [1.165, 1.54) is 0 Å². The summed E-state index contributed by atoms with van der Waals surface area (Å²) >= 11 is 0. The first-order chi connectivity index (χ1) is 10.1. The van der Waals surface area contributed by atoms with Crippen molar-refractivity contribution >= 4 is 33.8 Å². The Morgan fingerprint density at radius 1 is 1.22 bits per heavy atom. The Kier molecular flexibility index (Phi) is 8.80. The van der Waals surface area contributed by atoms with Crippen molar-refractivity contribution < 1.29 is 13.2 Å². The van der Waals surface area contributed by atoms with E-state index in [1.54, 1.807) is 38.1 Å². The summed E-state index contributed by atoms with van der Waals surface area (Å²) in [6.07, 6.45) is 0.604. The molecule has 0 saturated carbocycles. The molecule has 0 spiro atoms. The largest absolute Gasteiger partial charge is 0.325 e. The van der Waals surface area contributed by atoms with Gasteiger partial charge in [0.05, 0.1) is 17.0 Å². The Morgan fingerprint density at radius 3 is 2.35 bits per heavy atom. The van der Waals surface area contributed by atoms with Crippen molar-refractivity contribution in [2.75, 3.05) is 5.32 Å². The molecule has 5 nitrogen and oxygen atoms in total. The lowest BCUT2D eigenvalue weighted by atomic mass is 10.0. The Labute approximate surface area is 145 Å². The number of rotatable bonds is 7. The highest BCUT2D eigenvalue weighted by molar-refractivity contribution is 7.91. The van der Waals surface area contributed by atoms with E-state index in [9.17, 15) is 13.2 Å². The third-order valence-electron chi connectivity index (χ3n) is 3.34. The van der Waals surface area contributed by atoms with Gasteiger partial charge in [-0.3, -0.25) is 4.79 Å². The molecule has 1 rings (SSSR count). The third kappa shape index (κ3) is 7.33. The first-order valence-electron chi connectivity index (χ1n) is 7.48. The van der Waals surface area contributed by atoms with E-state index in [0.717, 1.165) is 0 Å². The van der Waals surface area contributed by atoms with Crippen LogP contribution >= 0.6 is 12.4 Å². The van der Waals surface area contributed by atoms with Gasteiger partial charge in [-0.2, -0.15) is 0 Å². The number of sulfone groups is 1. The van der Waals surface area contributed by atoms with E-state index in [-0.39, 0.29) is 24.1 Å². The molecule has 0 heterocycles. The van der Waals surface area contributed by atoms with E-state index in [2.05, 4.69) is 5.32 Å². The zero-order valence-corrected chi connectivity index (χ0v) is 15.7. The maximum atomic E-state index is 12.0. The summed E-state index contributed by atoms with van der Waals surface area (Å²) in [5.74, 6) is 0.0488. The maximum absolute atomic E-state index is 12.0. The Hall–Kier alpha value is -1.11. The second-order valence-electron chi connectivity index (χ2n) is 6.28. The number of carbonyl (C=O) groups is 1. The molecule has 1 amide bonds. The van der Waals surface area contributed by atoms with Crippen molar-refractivity contribution in [3.8, 4) is 0 Å². The fourth-order valence-electron chi connectivity index (χ4n) is 1.99. The lowest BCUT2D eigenvalue weighted by Crippen LogP contribution is -2.36. The van der Waals surface area contributed by atoms with Gasteiger partial charge in [0.25, 0.3) is 0 Å². The molecule has 0 aliphatic heterocycles. The number of nitrogens with one attached hydrogen (secondary N) is 1. The van der Waals surface area contributed by atoms with Gasteiger partial charge in [0.2, 0.25) is 5.91 Å². The molecular weight excluding hydrogens is 336 g/mol. The van der Waals surface area contributed by atoms with Crippen LogP contribution in [0.5, 0.6) is 0 Å². The van der Waals surface area contributed by atoms with Gasteiger partial charge < -0.3 is 11.1 Å². The van der Waals surface area contributed by atoms with Crippen molar-refractivity contribution in [2.45, 2.75) is 51.2 Å². The SMILES string of the molecule is CC(C)C[C@H](N)C(=O)Nc1cccc(CS(=O)(=O)C(C)C)c1.Cl. The van der Waals surface area contributed by atoms with E-state index < -0.39 is 21.1 Å². The van der Waals surface area contributed by atoms with Crippen LogP contribution in [-0.4, -0.2) is 25.6 Å². The molecule has 0 aliphatic carbocycles. The van der Waals surface area contributed by atoms with Gasteiger partial charge >= 0.3 is 0 Å². The molecule has 0 radical (unpaired) electrons. The Bertz CT molecular complexity index is 616. The number of benzene rings is 1. The second kappa shape index (κ2) is 9.25. The number of carbonyl (C=O) groups excluding carboxylic acids is 1. The molecular formula is C16H27ClN2O3S. The number of anilines is 1. The van der Waals surface area contributed by atoms with Crippen molar-refractivity contribution in [1.82, 2.24) is 0 Å². The summed E-state index contributed by atoms with van der Waals surface area (Å²) < 4.78 is 23.9. The van der Waals surface area contributed by atoms with Crippen LogP contribution in [0, 0.1) is 5.92 Å². The fourth-order valence-corrected chi connectivity index (χ4v) is 2.97. The molecule has 1 aromatic rings. The number of nitrogens with two attached hydrogens (primary N) is 1. The molecule has 1 atom stereocenters. The average Bonchev–Trinajstić information content (AvgIpc) is 2.37. The molecule has 0 bridgehead atoms. The summed E-state index contributed by atoms with van der Waals surface area (Å²) in [6, 6.07) is 6.31. The normalized spacial score (nSPS) is 12.8. The number of amides is 1. The highest BCUT2D eigenvalue weighted by Crippen LogP contribution is 2.16. The minimum Gasteiger partial charge on any atom is -0.325 e. The van der Waals surface area contributed by atoms with Crippen LogP contribution in [-0.2, 0) is 20.4 Å². The Balaban J connectivity index is 0.00000484. The van der Waals surface area contributed by atoms with Crippen molar-refractivity contribution in [2.24, 2.45) is 11.7 Å². The molecule has 3 N–H and O–H groups in total. The molecule has 0 saturated heterocycles. The zero-order chi connectivity index (χ0) is 16.9. The van der Waals surface area contributed by atoms with Crippen LogP contribution in [0.1, 0.15) is 39.7 Å². The second-order valence-corrected chi connectivity index (χ2v) is 8.84. The van der Waals surface area contributed by atoms with Gasteiger partial charge in [-0.15, -0.1) is 12.4 Å². The lowest BCUT2D eigenvalue weighted by Gasteiger charge is -2.15. The van der Waals surface area contributed by atoms with Gasteiger partial charge in [0.1, 0.15) is 0 Å². The first-order valence-corrected chi connectivity index (χ1v) is 9.20. The number of hydrogen-bond acceptors (Lipinski definition) is 4. The molecule has 0 aromatic heterocycles. The molecule has 0 aliphatic rings. The van der Waals surface area contributed by atoms with Crippen molar-refractivity contribution in [1.29, 1.82) is 0 Å². The van der Waals surface area contributed by atoms with Crippen LogP contribution in [0.4, 0.5) is 5.69 Å².